The van der Waals surface area contributed by atoms with E-state index in [9.17, 15) is 8.42 Å². The van der Waals surface area contributed by atoms with Gasteiger partial charge in [0.2, 0.25) is 0 Å². The molecule has 0 atom stereocenters. The highest BCUT2D eigenvalue weighted by molar-refractivity contribution is 9.10. The average Bonchev–Trinajstić information content (AvgIpc) is 2.55. The van der Waals surface area contributed by atoms with Gasteiger partial charge in [-0.15, -0.1) is 0 Å². The Labute approximate surface area is 143 Å². The van der Waals surface area contributed by atoms with E-state index in [-0.39, 0.29) is 4.90 Å². The Hall–Kier alpha value is -1.92. The number of fused-ring (bicyclic) bond motifs is 1. The van der Waals surface area contributed by atoms with Crippen molar-refractivity contribution in [3.8, 4) is 0 Å². The molecule has 0 radical (unpaired) electrons. The van der Waals surface area contributed by atoms with Crippen LogP contribution in [-0.2, 0) is 16.4 Å². The number of nitrogens with one attached hydrogen (secondary N) is 1. The van der Waals surface area contributed by atoms with E-state index in [0.29, 0.717) is 11.2 Å². The van der Waals surface area contributed by atoms with Gasteiger partial charge < -0.3 is 0 Å². The third kappa shape index (κ3) is 3.23. The van der Waals surface area contributed by atoms with E-state index in [4.69, 9.17) is 0 Å². The van der Waals surface area contributed by atoms with Gasteiger partial charge in [0.25, 0.3) is 10.0 Å². The Morgan fingerprint density at radius 2 is 1.91 bits per heavy atom. The first-order valence-electron chi connectivity index (χ1n) is 7.16. The zero-order chi connectivity index (χ0) is 16.4. The molecule has 0 bridgehead atoms. The number of hydrogen-bond acceptors (Lipinski definition) is 3. The predicted molar refractivity (Wildman–Crippen MR) is 96.1 cm³/mol. The first-order chi connectivity index (χ1) is 11.0. The van der Waals surface area contributed by atoms with E-state index in [0.717, 1.165) is 21.8 Å². The molecule has 1 heterocycles. The second-order valence-corrected chi connectivity index (χ2v) is 7.66. The van der Waals surface area contributed by atoms with Crippen molar-refractivity contribution in [2.45, 2.75) is 18.2 Å². The maximum Gasteiger partial charge on any atom is 0.264 e. The maximum absolute atomic E-state index is 12.8. The van der Waals surface area contributed by atoms with Gasteiger partial charge in [0.1, 0.15) is 4.90 Å². The van der Waals surface area contributed by atoms with Crippen molar-refractivity contribution in [3.05, 3.63) is 64.8 Å². The van der Waals surface area contributed by atoms with Gasteiger partial charge in [0.05, 0.1) is 11.2 Å². The highest BCUT2D eigenvalue weighted by Gasteiger charge is 2.19. The molecule has 0 aliphatic heterocycles. The number of para-hydroxylation sites is 1. The molecule has 6 heteroatoms. The molecule has 118 valence electrons. The van der Waals surface area contributed by atoms with Gasteiger partial charge in [-0.3, -0.25) is 9.71 Å². The first kappa shape index (κ1) is 16.0. The van der Waals surface area contributed by atoms with Gasteiger partial charge in [-0.2, -0.15) is 0 Å². The van der Waals surface area contributed by atoms with Crippen molar-refractivity contribution < 1.29 is 8.42 Å². The van der Waals surface area contributed by atoms with Gasteiger partial charge in [0.15, 0.2) is 0 Å². The van der Waals surface area contributed by atoms with E-state index >= 15 is 0 Å². The predicted octanol–water partition coefficient (Wildman–Crippen LogP) is 4.36. The summed E-state index contributed by atoms with van der Waals surface area (Å²) in [5, 5.41) is 0.793. The molecule has 0 saturated heterocycles. The van der Waals surface area contributed by atoms with Gasteiger partial charge in [-0.25, -0.2) is 8.42 Å². The second kappa shape index (κ2) is 6.29. The van der Waals surface area contributed by atoms with E-state index in [1.54, 1.807) is 30.5 Å². The number of aromatic nitrogens is 1. The van der Waals surface area contributed by atoms with Crippen LogP contribution < -0.4 is 4.72 Å². The van der Waals surface area contributed by atoms with Gasteiger partial charge in [-0.05, 0) is 42.3 Å². The normalized spacial score (nSPS) is 11.6. The molecule has 0 saturated carbocycles. The van der Waals surface area contributed by atoms with Crippen molar-refractivity contribution in [1.82, 2.24) is 4.98 Å². The number of rotatable bonds is 4. The molecule has 2 aromatic carbocycles. The van der Waals surface area contributed by atoms with Crippen LogP contribution in [0.2, 0.25) is 0 Å². The summed E-state index contributed by atoms with van der Waals surface area (Å²) in [4.78, 5) is 4.40. The quantitative estimate of drug-likeness (QED) is 0.719. The minimum absolute atomic E-state index is 0.181. The minimum atomic E-state index is -3.71. The van der Waals surface area contributed by atoms with Crippen LogP contribution in [0.5, 0.6) is 0 Å². The Morgan fingerprint density at radius 3 is 2.70 bits per heavy atom. The third-order valence-electron chi connectivity index (χ3n) is 3.58. The zero-order valence-corrected chi connectivity index (χ0v) is 14.9. The van der Waals surface area contributed by atoms with Crippen molar-refractivity contribution in [1.29, 1.82) is 0 Å². The number of benzene rings is 2. The summed E-state index contributed by atoms with van der Waals surface area (Å²) in [5.41, 5.74) is 1.98. The lowest BCUT2D eigenvalue weighted by Crippen LogP contribution is -2.15. The van der Waals surface area contributed by atoms with Gasteiger partial charge in [-0.1, -0.05) is 41.1 Å². The van der Waals surface area contributed by atoms with Crippen LogP contribution in [0.25, 0.3) is 10.9 Å². The van der Waals surface area contributed by atoms with Crippen molar-refractivity contribution in [2.24, 2.45) is 0 Å². The van der Waals surface area contributed by atoms with Crippen molar-refractivity contribution in [2.75, 3.05) is 4.72 Å². The molecule has 0 aliphatic carbocycles. The standard InChI is InChI=1S/C17H15BrN2O2S/c1-2-12-11-14(18)8-9-15(12)20-23(21,22)16-7-3-5-13-6-4-10-19-17(13)16/h3-11,20H,2H2,1H3. The topological polar surface area (TPSA) is 59.1 Å². The number of aryl methyl sites for hydroxylation is 1. The summed E-state index contributed by atoms with van der Waals surface area (Å²) in [6.45, 7) is 1.99. The lowest BCUT2D eigenvalue weighted by molar-refractivity contribution is 0.602. The van der Waals surface area contributed by atoms with E-state index in [1.807, 2.05) is 31.2 Å². The molecule has 0 fully saturated rings. The zero-order valence-electron chi connectivity index (χ0n) is 12.5. The lowest BCUT2D eigenvalue weighted by atomic mass is 10.1. The summed E-state index contributed by atoms with van der Waals surface area (Å²) in [6, 6.07) is 14.3. The monoisotopic (exact) mass is 390 g/mol. The molecule has 3 rings (SSSR count). The number of sulfonamides is 1. The molecule has 1 aromatic heterocycles. The van der Waals surface area contributed by atoms with E-state index < -0.39 is 10.0 Å². The Balaban J connectivity index is 2.08. The molecule has 0 aliphatic rings. The SMILES string of the molecule is CCc1cc(Br)ccc1NS(=O)(=O)c1cccc2cccnc12. The lowest BCUT2D eigenvalue weighted by Gasteiger charge is -2.13. The fourth-order valence-electron chi connectivity index (χ4n) is 2.45. The molecule has 0 amide bonds. The Bertz CT molecular complexity index is 966. The Morgan fingerprint density at radius 1 is 1.13 bits per heavy atom. The minimum Gasteiger partial charge on any atom is -0.279 e. The molecule has 1 N–H and O–H groups in total. The number of nitrogens with zero attached hydrogens (tertiary/aromatic N) is 1. The first-order valence-corrected chi connectivity index (χ1v) is 9.44. The molecular formula is C17H15BrN2O2S. The molecule has 0 spiro atoms. The van der Waals surface area contributed by atoms with Crippen LogP contribution in [0.4, 0.5) is 5.69 Å². The van der Waals surface area contributed by atoms with Gasteiger partial charge >= 0.3 is 0 Å². The summed E-state index contributed by atoms with van der Waals surface area (Å²) in [5.74, 6) is 0. The summed E-state index contributed by atoms with van der Waals surface area (Å²) >= 11 is 3.41. The number of hydrogen-bond donors (Lipinski definition) is 1. The van der Waals surface area contributed by atoms with Crippen molar-refractivity contribution in [3.63, 3.8) is 0 Å². The highest BCUT2D eigenvalue weighted by Crippen LogP contribution is 2.26. The fraction of sp³-hybridized carbons (Fsp3) is 0.118. The molecule has 3 aromatic rings. The average molecular weight is 391 g/mol. The summed E-state index contributed by atoms with van der Waals surface area (Å²) < 4.78 is 29.2. The summed E-state index contributed by atoms with van der Waals surface area (Å²) in [6.07, 6.45) is 2.32. The van der Waals surface area contributed by atoms with Gasteiger partial charge in [0, 0.05) is 16.1 Å². The number of pyridine rings is 1. The van der Waals surface area contributed by atoms with Crippen LogP contribution in [0.1, 0.15) is 12.5 Å². The smallest absolute Gasteiger partial charge is 0.264 e. The fourth-order valence-corrected chi connectivity index (χ4v) is 4.14. The van der Waals surface area contributed by atoms with Crippen LogP contribution in [0.3, 0.4) is 0 Å². The molecule has 4 nitrogen and oxygen atoms in total. The Kier molecular flexibility index (Phi) is 4.37. The second-order valence-electron chi connectivity index (χ2n) is 5.09. The van der Waals surface area contributed by atoms with Crippen LogP contribution in [0.15, 0.2) is 64.1 Å². The highest BCUT2D eigenvalue weighted by atomic mass is 79.9. The van der Waals surface area contributed by atoms with Crippen LogP contribution >= 0.6 is 15.9 Å². The van der Waals surface area contributed by atoms with Crippen LogP contribution in [0, 0.1) is 0 Å². The largest absolute Gasteiger partial charge is 0.279 e. The molecule has 23 heavy (non-hydrogen) atoms. The van der Waals surface area contributed by atoms with Crippen molar-refractivity contribution >= 4 is 42.5 Å². The third-order valence-corrected chi connectivity index (χ3v) is 5.47. The van der Waals surface area contributed by atoms with Crippen LogP contribution in [-0.4, -0.2) is 13.4 Å². The van der Waals surface area contributed by atoms with E-state index in [1.165, 1.54) is 0 Å². The molecular weight excluding hydrogens is 376 g/mol. The number of halogens is 1. The molecule has 0 unspecified atom stereocenters. The van der Waals surface area contributed by atoms with E-state index in [2.05, 4.69) is 25.6 Å². The maximum atomic E-state index is 12.8. The number of anilines is 1. The summed E-state index contributed by atoms with van der Waals surface area (Å²) in [7, 11) is -3.71.